The Morgan fingerprint density at radius 1 is 0.589 bits per heavy atom. The van der Waals surface area contributed by atoms with E-state index in [0.717, 1.165) is 44.1 Å². The summed E-state index contributed by atoms with van der Waals surface area (Å²) >= 11 is 0. The summed E-state index contributed by atoms with van der Waals surface area (Å²) in [7, 11) is -5.70. The lowest BCUT2D eigenvalue weighted by atomic mass is 9.76. The normalized spacial score (nSPS) is 16.8. The second-order valence-electron chi connectivity index (χ2n) is 13.9. The number of alkyl halides is 3. The average molecular weight is 775 g/mol. The molecule has 56 heavy (non-hydrogen) atoms. The third-order valence-corrected chi connectivity index (χ3v) is 11.4. The molecule has 6 aromatic carbocycles. The second kappa shape index (κ2) is 17.5. The van der Waals surface area contributed by atoms with Gasteiger partial charge < -0.3 is 9.29 Å². The molecule has 2 aliphatic rings. The van der Waals surface area contributed by atoms with Crippen LogP contribution in [0.25, 0.3) is 11.1 Å². The molecule has 2 unspecified atom stereocenters. The van der Waals surface area contributed by atoms with Crippen LogP contribution in [-0.2, 0) is 23.0 Å². The fourth-order valence-corrected chi connectivity index (χ4v) is 8.41. The van der Waals surface area contributed by atoms with Crippen LogP contribution in [0.5, 0.6) is 11.5 Å². The molecule has 6 aromatic rings. The molecule has 0 bridgehead atoms. The van der Waals surface area contributed by atoms with Gasteiger partial charge in [0.2, 0.25) is 0 Å². The fourth-order valence-electron chi connectivity index (χ4n) is 7.95. The molecule has 1 N–H and O–H groups in total. The van der Waals surface area contributed by atoms with E-state index in [-0.39, 0.29) is 25.0 Å². The van der Waals surface area contributed by atoms with Crippen molar-refractivity contribution in [3.8, 4) is 11.5 Å². The number of phenols is 1. The number of phenolic OH excluding ortho intramolecular Hbond substituents is 1. The van der Waals surface area contributed by atoms with Crippen LogP contribution in [0.3, 0.4) is 0 Å². The molecule has 8 rings (SSSR count). The molecule has 0 spiro atoms. The molecule has 0 aliphatic heterocycles. The second-order valence-corrected chi connectivity index (χ2v) is 15.5. The standard InChI is InChI=1S/C24H21F3O3S.C23H20O.CH4/c25-24(26,27)31(28,29)30-20-15-13-19(14-16-20)23-21-11-5-4-9-18(21)10-6-12-22(23)17-7-2-1-3-8-17;24-20-15-13-19(14-16-20)23-21-11-5-4-9-18(21)10-6-12-22(23)17-7-2-1-3-8-17;/h1-5,7-9,11,13-16,22-23H,6,10,12H2;1-5,7-9,11,13-16,24H,6,10,12H2;1H4. The Morgan fingerprint density at radius 2 is 1.18 bits per heavy atom. The first kappa shape index (κ1) is 40.1. The van der Waals surface area contributed by atoms with Crippen LogP contribution >= 0.6 is 0 Å². The number of hydrogen-bond acceptors (Lipinski definition) is 4. The molecule has 2 aliphatic carbocycles. The van der Waals surface area contributed by atoms with E-state index in [4.69, 9.17) is 0 Å². The minimum Gasteiger partial charge on any atom is -0.508 e. The number of aryl methyl sites for hydroxylation is 2. The Hall–Kier alpha value is -5.60. The summed E-state index contributed by atoms with van der Waals surface area (Å²) in [5.41, 5.74) is 6.95. The van der Waals surface area contributed by atoms with E-state index < -0.39 is 15.6 Å². The van der Waals surface area contributed by atoms with Crippen LogP contribution in [0.2, 0.25) is 0 Å². The fraction of sp³-hybridized carbons (Fsp3) is 0.208. The molecule has 0 aromatic heterocycles. The zero-order valence-electron chi connectivity index (χ0n) is 30.1. The Balaban J connectivity index is 0.000000192. The first-order valence-corrected chi connectivity index (χ1v) is 19.9. The number of halogens is 3. The summed E-state index contributed by atoms with van der Waals surface area (Å²) in [5.74, 6) is 0.131. The first-order valence-electron chi connectivity index (χ1n) is 18.5. The maximum absolute atomic E-state index is 12.6. The van der Waals surface area contributed by atoms with Crippen molar-refractivity contribution in [1.82, 2.24) is 0 Å². The van der Waals surface area contributed by atoms with E-state index in [2.05, 4.69) is 83.0 Å². The average Bonchev–Trinajstić information content (AvgIpc) is 3.52. The van der Waals surface area contributed by atoms with E-state index in [9.17, 15) is 26.7 Å². The van der Waals surface area contributed by atoms with Crippen LogP contribution in [0.15, 0.2) is 158 Å². The molecule has 0 radical (unpaired) electrons. The number of rotatable bonds is 6. The van der Waals surface area contributed by atoms with Gasteiger partial charge >= 0.3 is 15.6 Å². The van der Waals surface area contributed by atoms with Gasteiger partial charge in [-0.2, -0.15) is 21.6 Å². The van der Waals surface area contributed by atoms with Crippen molar-refractivity contribution in [1.29, 1.82) is 0 Å². The monoisotopic (exact) mass is 774 g/mol. The molecular weight excluding hydrogens is 730 g/mol. The van der Waals surface area contributed by atoms with E-state index in [0.29, 0.717) is 5.75 Å². The maximum atomic E-state index is 12.6. The number of hydrogen-bond donors (Lipinski definition) is 1. The lowest BCUT2D eigenvalue weighted by Gasteiger charge is -2.28. The lowest BCUT2D eigenvalue weighted by Crippen LogP contribution is -2.28. The first-order chi connectivity index (χ1) is 26.6. The maximum Gasteiger partial charge on any atom is 0.534 e. The number of fused-ring (bicyclic) bond motifs is 2. The minimum absolute atomic E-state index is 0. The summed E-state index contributed by atoms with van der Waals surface area (Å²) in [4.78, 5) is 0. The number of allylic oxidation sites excluding steroid dienone is 1. The molecule has 0 fully saturated rings. The Labute approximate surface area is 328 Å². The van der Waals surface area contributed by atoms with Crippen LogP contribution in [0, 0.1) is 0 Å². The predicted octanol–water partition coefficient (Wildman–Crippen LogP) is 12.5. The molecule has 4 nitrogen and oxygen atoms in total. The molecule has 0 saturated heterocycles. The van der Waals surface area contributed by atoms with Gasteiger partial charge in [-0.15, -0.1) is 0 Å². The number of aromatic hydroxyl groups is 1. The van der Waals surface area contributed by atoms with Gasteiger partial charge in [0.1, 0.15) is 11.5 Å². The Morgan fingerprint density at radius 3 is 1.86 bits per heavy atom. The van der Waals surface area contributed by atoms with Gasteiger partial charge in [0.05, 0.1) is 0 Å². The lowest BCUT2D eigenvalue weighted by molar-refractivity contribution is -0.0500. The molecular formula is C48H45F3O4S. The van der Waals surface area contributed by atoms with Gasteiger partial charge in [-0.3, -0.25) is 0 Å². The highest BCUT2D eigenvalue weighted by atomic mass is 32.2. The Bertz CT molecular complexity index is 2360. The quantitative estimate of drug-likeness (QED) is 0.104. The summed E-state index contributed by atoms with van der Waals surface area (Å²) in [6.07, 6.45) is 6.27. The molecule has 0 saturated carbocycles. The largest absolute Gasteiger partial charge is 0.534 e. The third-order valence-electron chi connectivity index (χ3n) is 10.4. The van der Waals surface area contributed by atoms with Crippen LogP contribution in [0.1, 0.15) is 89.5 Å². The van der Waals surface area contributed by atoms with Crippen molar-refractivity contribution < 1.29 is 30.9 Å². The van der Waals surface area contributed by atoms with Crippen molar-refractivity contribution in [2.24, 2.45) is 0 Å². The summed E-state index contributed by atoms with van der Waals surface area (Å²) in [5, 5.41) is 9.67. The van der Waals surface area contributed by atoms with E-state index in [1.54, 1.807) is 24.3 Å². The molecule has 2 atom stereocenters. The van der Waals surface area contributed by atoms with E-state index >= 15 is 0 Å². The van der Waals surface area contributed by atoms with Crippen molar-refractivity contribution in [3.05, 3.63) is 202 Å². The van der Waals surface area contributed by atoms with Crippen LogP contribution < -0.4 is 4.18 Å². The molecule has 0 heterocycles. The van der Waals surface area contributed by atoms with Crippen LogP contribution in [0.4, 0.5) is 13.2 Å². The van der Waals surface area contributed by atoms with Gasteiger partial charge in [0.15, 0.2) is 0 Å². The van der Waals surface area contributed by atoms with Gasteiger partial charge in [0.25, 0.3) is 0 Å². The van der Waals surface area contributed by atoms with Crippen molar-refractivity contribution in [2.75, 3.05) is 0 Å². The minimum atomic E-state index is -5.70. The van der Waals surface area contributed by atoms with Crippen LogP contribution in [-0.4, -0.2) is 19.0 Å². The van der Waals surface area contributed by atoms with Crippen molar-refractivity contribution in [3.63, 3.8) is 0 Å². The predicted molar refractivity (Wildman–Crippen MR) is 219 cm³/mol. The Kier molecular flexibility index (Phi) is 12.5. The van der Waals surface area contributed by atoms with Gasteiger partial charge in [-0.05, 0) is 124 Å². The van der Waals surface area contributed by atoms with Gasteiger partial charge in [0, 0.05) is 5.92 Å². The molecule has 0 amide bonds. The SMILES string of the molecule is C.O=S(=O)(Oc1ccc(C2c3ccccc3CCCC2c2ccccc2)cc1)C(F)(F)F.Oc1ccc(C2=C(c3ccccc3)CCCc3ccccc32)cc1. The zero-order valence-corrected chi connectivity index (χ0v) is 30.9. The number of benzene rings is 6. The van der Waals surface area contributed by atoms with E-state index in [1.807, 2.05) is 42.5 Å². The third kappa shape index (κ3) is 8.92. The summed E-state index contributed by atoms with van der Waals surface area (Å²) in [6.45, 7) is 0. The van der Waals surface area contributed by atoms with Gasteiger partial charge in [-0.25, -0.2) is 0 Å². The zero-order chi connectivity index (χ0) is 38.4. The topological polar surface area (TPSA) is 63.6 Å². The molecule has 288 valence electrons. The summed E-state index contributed by atoms with van der Waals surface area (Å²) < 4.78 is 64.8. The highest BCUT2D eigenvalue weighted by molar-refractivity contribution is 7.88. The van der Waals surface area contributed by atoms with Crippen molar-refractivity contribution >= 4 is 21.3 Å². The van der Waals surface area contributed by atoms with Gasteiger partial charge in [-0.1, -0.05) is 141 Å². The summed E-state index contributed by atoms with van der Waals surface area (Å²) in [6, 6.07) is 51.2. The van der Waals surface area contributed by atoms with Crippen molar-refractivity contribution in [2.45, 2.75) is 63.3 Å². The molecule has 8 heteroatoms. The van der Waals surface area contributed by atoms with E-state index in [1.165, 1.54) is 62.2 Å². The smallest absolute Gasteiger partial charge is 0.508 e. The highest BCUT2D eigenvalue weighted by Gasteiger charge is 2.48. The highest BCUT2D eigenvalue weighted by Crippen LogP contribution is 2.46.